The Morgan fingerprint density at radius 1 is 0.485 bits per heavy atom. The third-order valence-corrected chi connectivity index (χ3v) is 6.59. The molecule has 2 heterocycles. The Balaban J connectivity index is 1.12. The topological polar surface area (TPSA) is 34.3 Å². The highest BCUT2D eigenvalue weighted by molar-refractivity contribution is 5.64. The fourth-order valence-electron chi connectivity index (χ4n) is 4.66. The van der Waals surface area contributed by atoms with E-state index in [1.807, 2.05) is 26.0 Å². The molecule has 2 aliphatic rings. The zero-order valence-electron chi connectivity index (χ0n) is 18.8. The van der Waals surface area contributed by atoms with E-state index >= 15 is 0 Å². The van der Waals surface area contributed by atoms with Gasteiger partial charge in [-0.25, -0.2) is 0 Å². The van der Waals surface area contributed by atoms with E-state index in [2.05, 4.69) is 97.1 Å². The molecule has 2 aliphatic heterocycles. The first-order valence-corrected chi connectivity index (χ1v) is 11.4. The highest BCUT2D eigenvalue weighted by Gasteiger charge is 2.65. The number of rotatable bonds is 6. The molecule has 2 saturated heterocycles. The maximum atomic E-state index is 6.37. The van der Waals surface area contributed by atoms with E-state index in [1.54, 1.807) is 0 Å². The number of ether oxygens (including phenoxy) is 3. The van der Waals surface area contributed by atoms with Crippen LogP contribution in [0.3, 0.4) is 0 Å². The molecule has 4 aromatic rings. The predicted octanol–water partition coefficient (Wildman–Crippen LogP) is 7.31. The van der Waals surface area contributed by atoms with E-state index in [9.17, 15) is 0 Å². The lowest BCUT2D eigenvalue weighted by Gasteiger charge is -2.14. The van der Waals surface area contributed by atoms with Crippen molar-refractivity contribution >= 4 is 0 Å². The lowest BCUT2D eigenvalue weighted by molar-refractivity contribution is -0.131. The Kier molecular flexibility index (Phi) is 4.73. The van der Waals surface area contributed by atoms with Gasteiger partial charge in [0, 0.05) is 0 Å². The molecule has 3 nitrogen and oxygen atoms in total. The maximum Gasteiger partial charge on any atom is 0.200 e. The molecule has 2 fully saturated rings. The second-order valence-corrected chi connectivity index (χ2v) is 9.11. The first kappa shape index (κ1) is 20.4. The van der Waals surface area contributed by atoms with Gasteiger partial charge in [-0.2, -0.15) is 0 Å². The monoisotopic (exact) mass is 434 g/mol. The Labute approximate surface area is 194 Å². The molecule has 4 atom stereocenters. The van der Waals surface area contributed by atoms with Crippen LogP contribution in [0.2, 0.25) is 0 Å². The van der Waals surface area contributed by atoms with Gasteiger partial charge in [-0.1, -0.05) is 109 Å². The molecule has 0 N–H and O–H groups in total. The Hall–Kier alpha value is -3.24. The highest BCUT2D eigenvalue weighted by atomic mass is 16.9. The summed E-state index contributed by atoms with van der Waals surface area (Å²) < 4.78 is 18.4. The fraction of sp³-hybridized carbons (Fsp3) is 0.200. The van der Waals surface area contributed by atoms with Crippen molar-refractivity contribution in [3.8, 4) is 22.3 Å². The third kappa shape index (κ3) is 3.89. The molecule has 3 heteroatoms. The van der Waals surface area contributed by atoms with Gasteiger partial charge in [0.1, 0.15) is 12.2 Å². The van der Waals surface area contributed by atoms with Crippen LogP contribution >= 0.6 is 0 Å². The lowest BCUT2D eigenvalue weighted by Crippen LogP contribution is -2.23. The van der Waals surface area contributed by atoms with Crippen LogP contribution in [0.4, 0.5) is 0 Å². The molecule has 0 bridgehead atoms. The summed E-state index contributed by atoms with van der Waals surface area (Å²) >= 11 is 0. The highest BCUT2D eigenvalue weighted by Crippen LogP contribution is 2.59. The number of hydrogen-bond acceptors (Lipinski definition) is 3. The van der Waals surface area contributed by atoms with E-state index in [0.29, 0.717) is 0 Å². The molecule has 6 rings (SSSR count). The molecule has 4 unspecified atom stereocenters. The summed E-state index contributed by atoms with van der Waals surface area (Å²) in [6.45, 7) is 3.98. The van der Waals surface area contributed by atoms with Gasteiger partial charge in [0.05, 0.1) is 0 Å². The molecule has 0 spiro atoms. The fourth-order valence-corrected chi connectivity index (χ4v) is 4.66. The van der Waals surface area contributed by atoms with Gasteiger partial charge in [-0.15, -0.1) is 0 Å². The summed E-state index contributed by atoms with van der Waals surface area (Å²) in [5.41, 5.74) is 7.04. The van der Waals surface area contributed by atoms with Gasteiger partial charge in [0.25, 0.3) is 0 Å². The zero-order chi connectivity index (χ0) is 22.5. The minimum Gasteiger partial charge on any atom is -0.334 e. The van der Waals surface area contributed by atoms with Gasteiger partial charge < -0.3 is 14.2 Å². The van der Waals surface area contributed by atoms with Crippen LogP contribution in [0.5, 0.6) is 0 Å². The molecular formula is C30H26O3. The Bertz CT molecular complexity index is 1150. The molecule has 0 aromatic heterocycles. The molecule has 0 amide bonds. The van der Waals surface area contributed by atoms with E-state index < -0.39 is 11.6 Å². The summed E-state index contributed by atoms with van der Waals surface area (Å²) in [6.07, 6.45) is -0.186. The summed E-state index contributed by atoms with van der Waals surface area (Å²) in [7, 11) is 0. The zero-order valence-corrected chi connectivity index (χ0v) is 18.8. The van der Waals surface area contributed by atoms with Crippen LogP contribution in [0.1, 0.15) is 37.2 Å². The number of epoxide rings is 2. The molecule has 33 heavy (non-hydrogen) atoms. The normalized spacial score (nSPS) is 27.8. The van der Waals surface area contributed by atoms with Crippen molar-refractivity contribution in [3.63, 3.8) is 0 Å². The van der Waals surface area contributed by atoms with Crippen molar-refractivity contribution in [2.24, 2.45) is 0 Å². The first-order valence-electron chi connectivity index (χ1n) is 11.4. The van der Waals surface area contributed by atoms with Crippen LogP contribution < -0.4 is 0 Å². The number of hydrogen-bond donors (Lipinski definition) is 0. The number of benzene rings is 4. The van der Waals surface area contributed by atoms with Gasteiger partial charge in [0.15, 0.2) is 11.6 Å². The molecule has 0 aliphatic carbocycles. The summed E-state index contributed by atoms with van der Waals surface area (Å²) in [5.74, 6) is -1.36. The SMILES string of the molecule is CC1(OC2(C)OC2c2ccc(-c3ccccc3)cc2)OC1c1ccc(-c2ccccc2)cc1. The third-order valence-electron chi connectivity index (χ3n) is 6.59. The average molecular weight is 435 g/mol. The minimum absolute atomic E-state index is 0.0931. The van der Waals surface area contributed by atoms with E-state index in [4.69, 9.17) is 14.2 Å². The van der Waals surface area contributed by atoms with E-state index in [-0.39, 0.29) is 12.2 Å². The van der Waals surface area contributed by atoms with Crippen molar-refractivity contribution < 1.29 is 14.2 Å². The van der Waals surface area contributed by atoms with Crippen LogP contribution in [-0.2, 0) is 14.2 Å². The first-order chi connectivity index (χ1) is 16.0. The second-order valence-electron chi connectivity index (χ2n) is 9.11. The maximum absolute atomic E-state index is 6.37. The van der Waals surface area contributed by atoms with Gasteiger partial charge in [-0.3, -0.25) is 0 Å². The summed E-state index contributed by atoms with van der Waals surface area (Å²) in [6, 6.07) is 37.8. The lowest BCUT2D eigenvalue weighted by atomic mass is 10.0. The van der Waals surface area contributed by atoms with Crippen molar-refractivity contribution in [2.75, 3.05) is 0 Å². The van der Waals surface area contributed by atoms with Gasteiger partial charge in [0.2, 0.25) is 0 Å². The van der Waals surface area contributed by atoms with E-state index in [1.165, 1.54) is 22.3 Å². The smallest absolute Gasteiger partial charge is 0.200 e. The van der Waals surface area contributed by atoms with Gasteiger partial charge >= 0.3 is 0 Å². The Morgan fingerprint density at radius 3 is 1.18 bits per heavy atom. The van der Waals surface area contributed by atoms with Crippen LogP contribution in [0.25, 0.3) is 22.3 Å². The van der Waals surface area contributed by atoms with Crippen LogP contribution in [-0.4, -0.2) is 11.6 Å². The molecular weight excluding hydrogens is 408 g/mol. The van der Waals surface area contributed by atoms with Gasteiger partial charge in [-0.05, 0) is 47.2 Å². The van der Waals surface area contributed by atoms with E-state index in [0.717, 1.165) is 11.1 Å². The largest absolute Gasteiger partial charge is 0.334 e. The molecule has 164 valence electrons. The molecule has 0 radical (unpaired) electrons. The van der Waals surface area contributed by atoms with Crippen LogP contribution in [0.15, 0.2) is 109 Å². The summed E-state index contributed by atoms with van der Waals surface area (Å²) in [5, 5.41) is 0. The predicted molar refractivity (Wildman–Crippen MR) is 129 cm³/mol. The van der Waals surface area contributed by atoms with Crippen molar-refractivity contribution in [2.45, 2.75) is 37.6 Å². The summed E-state index contributed by atoms with van der Waals surface area (Å²) in [4.78, 5) is 0. The standard InChI is InChI=1S/C30H26O3/c1-29(27(31-29)25-17-13-23(14-18-25)21-9-5-3-6-10-21)33-30(2)28(32-30)26-19-15-24(16-20-26)22-11-7-4-8-12-22/h3-20,27-28H,1-2H3. The minimum atomic E-state index is -0.679. The molecule has 0 saturated carbocycles. The Morgan fingerprint density at radius 2 is 0.818 bits per heavy atom. The molecule has 4 aromatic carbocycles. The van der Waals surface area contributed by atoms with Crippen molar-refractivity contribution in [1.82, 2.24) is 0 Å². The van der Waals surface area contributed by atoms with Crippen molar-refractivity contribution in [3.05, 3.63) is 120 Å². The average Bonchev–Trinajstić information content (AvgIpc) is 3.74. The van der Waals surface area contributed by atoms with Crippen LogP contribution in [0, 0.1) is 0 Å². The quantitative estimate of drug-likeness (QED) is 0.298. The van der Waals surface area contributed by atoms with Crippen molar-refractivity contribution in [1.29, 1.82) is 0 Å². The second kappa shape index (κ2) is 7.67.